The molecule has 2 aromatic rings. The van der Waals surface area contributed by atoms with E-state index in [9.17, 15) is 8.42 Å². The Bertz CT molecular complexity index is 708. The fourth-order valence-electron chi connectivity index (χ4n) is 1.93. The number of sulfonamides is 1. The first-order chi connectivity index (χ1) is 10.4. The zero-order valence-electron chi connectivity index (χ0n) is 12.9. The van der Waals surface area contributed by atoms with Crippen molar-refractivity contribution in [3.8, 4) is 5.75 Å². The molecule has 22 heavy (non-hydrogen) atoms. The van der Waals surface area contributed by atoms with E-state index in [1.165, 1.54) is 12.1 Å². The van der Waals surface area contributed by atoms with Gasteiger partial charge in [-0.3, -0.25) is 0 Å². The SMILES string of the molecule is COc1ccc(S(=O)(=O)NCc2ccc(N(C)C)cc2)cc1. The molecule has 0 aromatic heterocycles. The molecule has 0 saturated carbocycles. The molecule has 5 nitrogen and oxygen atoms in total. The smallest absolute Gasteiger partial charge is 0.240 e. The summed E-state index contributed by atoms with van der Waals surface area (Å²) in [5, 5.41) is 0. The maximum absolute atomic E-state index is 12.2. The van der Waals surface area contributed by atoms with Gasteiger partial charge < -0.3 is 9.64 Å². The Labute approximate surface area is 131 Å². The van der Waals surface area contributed by atoms with Crippen LogP contribution >= 0.6 is 0 Å². The van der Waals surface area contributed by atoms with Crippen molar-refractivity contribution < 1.29 is 13.2 Å². The fraction of sp³-hybridized carbons (Fsp3) is 0.250. The van der Waals surface area contributed by atoms with Gasteiger partial charge in [-0.1, -0.05) is 12.1 Å². The summed E-state index contributed by atoms with van der Waals surface area (Å²) in [7, 11) is 1.93. The van der Waals surface area contributed by atoms with Gasteiger partial charge in [0.15, 0.2) is 0 Å². The Morgan fingerprint density at radius 3 is 2.09 bits per heavy atom. The quantitative estimate of drug-likeness (QED) is 0.887. The van der Waals surface area contributed by atoms with Gasteiger partial charge in [-0.25, -0.2) is 13.1 Å². The summed E-state index contributed by atoms with van der Waals surface area (Å²) < 4.78 is 32.1. The predicted octanol–water partition coefficient (Wildman–Crippen LogP) is 2.24. The summed E-state index contributed by atoms with van der Waals surface area (Å²) in [6, 6.07) is 14.0. The molecule has 0 unspecified atom stereocenters. The molecular weight excluding hydrogens is 300 g/mol. The lowest BCUT2D eigenvalue weighted by Crippen LogP contribution is -2.23. The molecule has 6 heteroatoms. The lowest BCUT2D eigenvalue weighted by Gasteiger charge is -2.13. The van der Waals surface area contributed by atoms with Crippen LogP contribution in [-0.2, 0) is 16.6 Å². The van der Waals surface area contributed by atoms with E-state index in [1.807, 2.05) is 43.3 Å². The normalized spacial score (nSPS) is 11.2. The maximum atomic E-state index is 12.2. The highest BCUT2D eigenvalue weighted by Gasteiger charge is 2.13. The van der Waals surface area contributed by atoms with Crippen LogP contribution in [0.5, 0.6) is 5.75 Å². The van der Waals surface area contributed by atoms with Gasteiger partial charge in [0.05, 0.1) is 12.0 Å². The third-order valence-electron chi connectivity index (χ3n) is 3.29. The minimum absolute atomic E-state index is 0.221. The molecule has 0 bridgehead atoms. The number of rotatable bonds is 6. The molecule has 0 saturated heterocycles. The second-order valence-electron chi connectivity index (χ2n) is 5.06. The molecule has 0 heterocycles. The van der Waals surface area contributed by atoms with E-state index in [0.29, 0.717) is 5.75 Å². The fourth-order valence-corrected chi connectivity index (χ4v) is 2.95. The van der Waals surface area contributed by atoms with E-state index in [1.54, 1.807) is 19.2 Å². The summed E-state index contributed by atoms with van der Waals surface area (Å²) in [6.07, 6.45) is 0. The first-order valence-electron chi connectivity index (χ1n) is 6.82. The lowest BCUT2D eigenvalue weighted by molar-refractivity contribution is 0.414. The van der Waals surface area contributed by atoms with Crippen molar-refractivity contribution in [3.05, 3.63) is 54.1 Å². The van der Waals surface area contributed by atoms with Crippen LogP contribution in [0, 0.1) is 0 Å². The molecule has 0 aliphatic carbocycles. The lowest BCUT2D eigenvalue weighted by atomic mass is 10.2. The van der Waals surface area contributed by atoms with Gasteiger partial charge in [-0.05, 0) is 42.0 Å². The number of benzene rings is 2. The molecule has 0 atom stereocenters. The molecule has 0 spiro atoms. The molecule has 0 fully saturated rings. The molecule has 0 aliphatic rings. The molecular formula is C16H20N2O3S. The first-order valence-corrected chi connectivity index (χ1v) is 8.30. The number of ether oxygens (including phenoxy) is 1. The van der Waals surface area contributed by atoms with Crippen LogP contribution in [0.1, 0.15) is 5.56 Å². The van der Waals surface area contributed by atoms with E-state index in [4.69, 9.17) is 4.74 Å². The number of nitrogens with zero attached hydrogens (tertiary/aromatic N) is 1. The van der Waals surface area contributed by atoms with Crippen LogP contribution in [0.3, 0.4) is 0 Å². The molecule has 0 amide bonds. The van der Waals surface area contributed by atoms with Gasteiger partial charge in [0.25, 0.3) is 0 Å². The number of nitrogens with one attached hydrogen (secondary N) is 1. The second kappa shape index (κ2) is 6.81. The van der Waals surface area contributed by atoms with E-state index in [0.717, 1.165) is 11.3 Å². The highest BCUT2D eigenvalue weighted by molar-refractivity contribution is 7.89. The Kier molecular flexibility index (Phi) is 5.05. The summed E-state index contributed by atoms with van der Waals surface area (Å²) >= 11 is 0. The van der Waals surface area contributed by atoms with Gasteiger partial charge in [-0.15, -0.1) is 0 Å². The van der Waals surface area contributed by atoms with Crippen LogP contribution in [0.15, 0.2) is 53.4 Å². The summed E-state index contributed by atoms with van der Waals surface area (Å²) in [4.78, 5) is 2.21. The van der Waals surface area contributed by atoms with Crippen LogP contribution in [-0.4, -0.2) is 29.6 Å². The van der Waals surface area contributed by atoms with Gasteiger partial charge in [0.1, 0.15) is 5.75 Å². The number of hydrogen-bond donors (Lipinski definition) is 1. The topological polar surface area (TPSA) is 58.6 Å². The maximum Gasteiger partial charge on any atom is 0.240 e. The zero-order valence-corrected chi connectivity index (χ0v) is 13.7. The summed E-state index contributed by atoms with van der Waals surface area (Å²) in [6.45, 7) is 0.252. The average Bonchev–Trinajstić information content (AvgIpc) is 2.53. The third kappa shape index (κ3) is 3.99. The molecule has 1 N–H and O–H groups in total. The Balaban J connectivity index is 2.05. The van der Waals surface area contributed by atoms with Gasteiger partial charge in [0.2, 0.25) is 10.0 Å². The molecule has 2 rings (SSSR count). The molecule has 118 valence electrons. The molecule has 0 aliphatic heterocycles. The number of anilines is 1. The Morgan fingerprint density at radius 2 is 1.59 bits per heavy atom. The van der Waals surface area contributed by atoms with Gasteiger partial charge >= 0.3 is 0 Å². The van der Waals surface area contributed by atoms with E-state index >= 15 is 0 Å². The first kappa shape index (κ1) is 16.3. The van der Waals surface area contributed by atoms with Gasteiger partial charge in [0, 0.05) is 26.3 Å². The third-order valence-corrected chi connectivity index (χ3v) is 4.71. The van der Waals surface area contributed by atoms with Crippen molar-refractivity contribution in [2.24, 2.45) is 0 Å². The standard InChI is InChI=1S/C16H20N2O3S/c1-18(2)14-6-4-13(5-7-14)12-17-22(19,20)16-10-8-15(21-3)9-11-16/h4-11,17H,12H2,1-3H3. The van der Waals surface area contributed by atoms with E-state index < -0.39 is 10.0 Å². The summed E-state index contributed by atoms with van der Waals surface area (Å²) in [5.41, 5.74) is 1.98. The average molecular weight is 320 g/mol. The van der Waals surface area contributed by atoms with Crippen LogP contribution in [0.4, 0.5) is 5.69 Å². The van der Waals surface area contributed by atoms with E-state index in [-0.39, 0.29) is 11.4 Å². The minimum Gasteiger partial charge on any atom is -0.497 e. The van der Waals surface area contributed by atoms with Crippen LogP contribution in [0.2, 0.25) is 0 Å². The van der Waals surface area contributed by atoms with E-state index in [2.05, 4.69) is 4.72 Å². The zero-order chi connectivity index (χ0) is 16.2. The minimum atomic E-state index is -3.53. The van der Waals surface area contributed by atoms with Crippen molar-refractivity contribution in [2.75, 3.05) is 26.1 Å². The highest BCUT2D eigenvalue weighted by Crippen LogP contribution is 2.16. The van der Waals surface area contributed by atoms with Crippen molar-refractivity contribution in [2.45, 2.75) is 11.4 Å². The van der Waals surface area contributed by atoms with Crippen molar-refractivity contribution in [1.82, 2.24) is 4.72 Å². The molecule has 0 radical (unpaired) electrons. The predicted molar refractivity (Wildman–Crippen MR) is 87.8 cm³/mol. The number of hydrogen-bond acceptors (Lipinski definition) is 4. The van der Waals surface area contributed by atoms with Crippen LogP contribution < -0.4 is 14.4 Å². The largest absolute Gasteiger partial charge is 0.497 e. The van der Waals surface area contributed by atoms with Crippen molar-refractivity contribution >= 4 is 15.7 Å². The number of methoxy groups -OCH3 is 1. The highest BCUT2D eigenvalue weighted by atomic mass is 32.2. The van der Waals surface area contributed by atoms with Crippen molar-refractivity contribution in [1.29, 1.82) is 0 Å². The van der Waals surface area contributed by atoms with Crippen molar-refractivity contribution in [3.63, 3.8) is 0 Å². The monoisotopic (exact) mass is 320 g/mol. The Morgan fingerprint density at radius 1 is 1.00 bits per heavy atom. The Hall–Kier alpha value is -2.05. The van der Waals surface area contributed by atoms with Gasteiger partial charge in [-0.2, -0.15) is 0 Å². The summed E-state index contributed by atoms with van der Waals surface area (Å²) in [5.74, 6) is 0.623. The van der Waals surface area contributed by atoms with Crippen LogP contribution in [0.25, 0.3) is 0 Å². The second-order valence-corrected chi connectivity index (χ2v) is 6.83. The molecule has 2 aromatic carbocycles.